The molecule has 2 aliphatic rings. The Morgan fingerprint density at radius 2 is 1.94 bits per heavy atom. The number of sulfonamides is 1. The standard InChI is InChI=1S/C21H30N2O7S/c1-3-30-20(24)8-9-22(15-16-4-5-16)21(25)18-14-17(6-7-19(18)28-2)31(26,27)23-10-12-29-13-11-23/h6-7,14,16H,3-5,8-13,15H2,1-2H3. The lowest BCUT2D eigenvalue weighted by Crippen LogP contribution is -2.40. The number of amides is 1. The molecule has 1 aliphatic heterocycles. The molecule has 1 amide bonds. The van der Waals surface area contributed by atoms with Crippen molar-refractivity contribution in [2.45, 2.75) is 31.1 Å². The third kappa shape index (κ3) is 5.96. The van der Waals surface area contributed by atoms with Crippen LogP contribution in [0.25, 0.3) is 0 Å². The smallest absolute Gasteiger partial charge is 0.307 e. The lowest BCUT2D eigenvalue weighted by Gasteiger charge is -2.27. The molecule has 0 bridgehead atoms. The molecule has 0 N–H and O–H groups in total. The molecule has 2 fully saturated rings. The van der Waals surface area contributed by atoms with Crippen LogP contribution in [0.4, 0.5) is 0 Å². The van der Waals surface area contributed by atoms with Crippen molar-refractivity contribution in [3.8, 4) is 5.75 Å². The number of hydrogen-bond donors (Lipinski definition) is 0. The van der Waals surface area contributed by atoms with E-state index >= 15 is 0 Å². The first-order valence-corrected chi connectivity index (χ1v) is 12.0. The van der Waals surface area contributed by atoms with E-state index in [2.05, 4.69) is 0 Å². The minimum absolute atomic E-state index is 0.0373. The quantitative estimate of drug-likeness (QED) is 0.494. The molecule has 9 nitrogen and oxygen atoms in total. The number of nitrogens with zero attached hydrogens (tertiary/aromatic N) is 2. The Bertz CT molecular complexity index is 893. The number of esters is 1. The third-order valence-corrected chi connectivity index (χ3v) is 7.26. The van der Waals surface area contributed by atoms with Gasteiger partial charge in [-0.15, -0.1) is 0 Å². The van der Waals surface area contributed by atoms with Crippen molar-refractivity contribution in [2.75, 3.05) is 53.1 Å². The van der Waals surface area contributed by atoms with E-state index in [0.29, 0.717) is 31.4 Å². The van der Waals surface area contributed by atoms with Gasteiger partial charge in [0, 0.05) is 26.2 Å². The number of hydrogen-bond acceptors (Lipinski definition) is 7. The third-order valence-electron chi connectivity index (χ3n) is 5.36. The first kappa shape index (κ1) is 23.5. The monoisotopic (exact) mass is 454 g/mol. The number of ether oxygens (including phenoxy) is 3. The van der Waals surface area contributed by atoms with E-state index in [4.69, 9.17) is 14.2 Å². The normalized spacial score (nSPS) is 17.2. The highest BCUT2D eigenvalue weighted by Crippen LogP contribution is 2.32. The number of rotatable bonds is 10. The lowest BCUT2D eigenvalue weighted by molar-refractivity contribution is -0.143. The molecule has 1 saturated heterocycles. The fourth-order valence-corrected chi connectivity index (χ4v) is 4.90. The lowest BCUT2D eigenvalue weighted by atomic mass is 10.1. The van der Waals surface area contributed by atoms with Crippen LogP contribution in [0.2, 0.25) is 0 Å². The van der Waals surface area contributed by atoms with Crippen molar-refractivity contribution >= 4 is 21.9 Å². The van der Waals surface area contributed by atoms with Crippen LogP contribution in [0.3, 0.4) is 0 Å². The summed E-state index contributed by atoms with van der Waals surface area (Å²) >= 11 is 0. The maximum absolute atomic E-state index is 13.4. The number of morpholine rings is 1. The SMILES string of the molecule is CCOC(=O)CCN(CC1CC1)C(=O)c1cc(S(=O)(=O)N2CCOCC2)ccc1OC. The molecule has 0 aromatic heterocycles. The van der Waals surface area contributed by atoms with Crippen molar-refractivity contribution in [2.24, 2.45) is 5.92 Å². The van der Waals surface area contributed by atoms with Crippen molar-refractivity contribution in [1.82, 2.24) is 9.21 Å². The van der Waals surface area contributed by atoms with Crippen LogP contribution in [-0.2, 0) is 24.3 Å². The molecule has 0 unspecified atom stereocenters. The second-order valence-electron chi connectivity index (χ2n) is 7.63. The van der Waals surface area contributed by atoms with Crippen LogP contribution in [0.5, 0.6) is 5.75 Å². The van der Waals surface area contributed by atoms with E-state index in [0.717, 1.165) is 12.8 Å². The Hall–Kier alpha value is -2.17. The van der Waals surface area contributed by atoms with Crippen molar-refractivity contribution in [3.05, 3.63) is 23.8 Å². The van der Waals surface area contributed by atoms with E-state index in [1.165, 1.54) is 29.6 Å². The summed E-state index contributed by atoms with van der Waals surface area (Å²) < 4.78 is 43.0. The second kappa shape index (κ2) is 10.4. The molecule has 0 spiro atoms. The highest BCUT2D eigenvalue weighted by Gasteiger charge is 2.31. The van der Waals surface area contributed by atoms with Gasteiger partial charge in [-0.1, -0.05) is 0 Å². The average Bonchev–Trinajstić information content (AvgIpc) is 3.60. The summed E-state index contributed by atoms with van der Waals surface area (Å²) in [5.74, 6) is -0.0287. The summed E-state index contributed by atoms with van der Waals surface area (Å²) in [6, 6.07) is 4.32. The molecule has 3 rings (SSSR count). The van der Waals surface area contributed by atoms with Gasteiger partial charge in [0.25, 0.3) is 5.91 Å². The summed E-state index contributed by atoms with van der Waals surface area (Å²) in [5.41, 5.74) is 0.168. The summed E-state index contributed by atoms with van der Waals surface area (Å²) in [6.07, 6.45) is 2.15. The Labute approximate surface area is 183 Å². The summed E-state index contributed by atoms with van der Waals surface area (Å²) in [7, 11) is -2.32. The zero-order chi connectivity index (χ0) is 22.4. The molecule has 1 heterocycles. The maximum atomic E-state index is 13.4. The Morgan fingerprint density at radius 3 is 2.55 bits per heavy atom. The van der Waals surface area contributed by atoms with Gasteiger partial charge in [-0.2, -0.15) is 4.31 Å². The van der Waals surface area contributed by atoms with Crippen LogP contribution in [0, 0.1) is 5.92 Å². The van der Waals surface area contributed by atoms with Crippen LogP contribution >= 0.6 is 0 Å². The Balaban J connectivity index is 1.86. The average molecular weight is 455 g/mol. The van der Waals surface area contributed by atoms with Gasteiger partial charge in [-0.3, -0.25) is 9.59 Å². The van der Waals surface area contributed by atoms with Crippen molar-refractivity contribution < 1.29 is 32.2 Å². The van der Waals surface area contributed by atoms with E-state index in [1.807, 2.05) is 0 Å². The molecular formula is C21H30N2O7S. The zero-order valence-electron chi connectivity index (χ0n) is 18.0. The molecule has 1 aliphatic carbocycles. The Kier molecular flexibility index (Phi) is 7.90. The number of methoxy groups -OCH3 is 1. The molecule has 10 heteroatoms. The molecule has 31 heavy (non-hydrogen) atoms. The molecule has 172 valence electrons. The van der Waals surface area contributed by atoms with E-state index in [1.54, 1.807) is 11.8 Å². The predicted molar refractivity (Wildman–Crippen MR) is 112 cm³/mol. The fraction of sp³-hybridized carbons (Fsp3) is 0.619. The first-order chi connectivity index (χ1) is 14.9. The van der Waals surface area contributed by atoms with E-state index < -0.39 is 10.0 Å². The fourth-order valence-electron chi connectivity index (χ4n) is 3.47. The van der Waals surface area contributed by atoms with Crippen molar-refractivity contribution in [1.29, 1.82) is 0 Å². The molecule has 0 radical (unpaired) electrons. The van der Waals surface area contributed by atoms with Gasteiger partial charge in [0.05, 0.1) is 43.8 Å². The molecular weight excluding hydrogens is 424 g/mol. The molecule has 1 saturated carbocycles. The van der Waals surface area contributed by atoms with Gasteiger partial charge >= 0.3 is 5.97 Å². The maximum Gasteiger partial charge on any atom is 0.307 e. The van der Waals surface area contributed by atoms with Crippen LogP contribution in [0.1, 0.15) is 36.5 Å². The van der Waals surface area contributed by atoms with Gasteiger partial charge in [-0.25, -0.2) is 8.42 Å². The van der Waals surface area contributed by atoms with Crippen LogP contribution < -0.4 is 4.74 Å². The molecule has 1 aromatic rings. The van der Waals surface area contributed by atoms with Gasteiger partial charge in [0.1, 0.15) is 5.75 Å². The molecule has 1 aromatic carbocycles. The highest BCUT2D eigenvalue weighted by molar-refractivity contribution is 7.89. The van der Waals surface area contributed by atoms with Crippen LogP contribution in [0.15, 0.2) is 23.1 Å². The van der Waals surface area contributed by atoms with E-state index in [9.17, 15) is 18.0 Å². The summed E-state index contributed by atoms with van der Waals surface area (Å²) in [4.78, 5) is 26.8. The van der Waals surface area contributed by atoms with E-state index in [-0.39, 0.29) is 55.0 Å². The van der Waals surface area contributed by atoms with Gasteiger partial charge in [0.2, 0.25) is 10.0 Å². The minimum atomic E-state index is -3.76. The largest absolute Gasteiger partial charge is 0.496 e. The number of carbonyl (C=O) groups excluding carboxylic acids is 2. The number of benzene rings is 1. The zero-order valence-corrected chi connectivity index (χ0v) is 18.9. The topological polar surface area (TPSA) is 102 Å². The van der Waals surface area contributed by atoms with Gasteiger partial charge in [-0.05, 0) is 43.9 Å². The summed E-state index contributed by atoms with van der Waals surface area (Å²) in [5, 5.41) is 0. The summed E-state index contributed by atoms with van der Waals surface area (Å²) in [6.45, 7) is 3.95. The highest BCUT2D eigenvalue weighted by atomic mass is 32.2. The van der Waals surface area contributed by atoms with Crippen molar-refractivity contribution in [3.63, 3.8) is 0 Å². The van der Waals surface area contributed by atoms with Gasteiger partial charge < -0.3 is 19.1 Å². The van der Waals surface area contributed by atoms with Gasteiger partial charge in [0.15, 0.2) is 0 Å². The second-order valence-corrected chi connectivity index (χ2v) is 9.57. The predicted octanol–water partition coefficient (Wildman–Crippen LogP) is 1.52. The van der Waals surface area contributed by atoms with Crippen LogP contribution in [-0.4, -0.2) is 82.6 Å². The first-order valence-electron chi connectivity index (χ1n) is 10.6. The minimum Gasteiger partial charge on any atom is -0.496 e. The number of carbonyl (C=O) groups is 2. The molecule has 0 atom stereocenters. The Morgan fingerprint density at radius 1 is 1.23 bits per heavy atom.